The summed E-state index contributed by atoms with van der Waals surface area (Å²) in [5, 5.41) is 0. The Labute approximate surface area is 296 Å². The minimum Gasteiger partial charge on any atom is -0.450 e. The van der Waals surface area contributed by atoms with Gasteiger partial charge < -0.3 is 9.47 Å². The van der Waals surface area contributed by atoms with Crippen LogP contribution in [0, 0.1) is 5.41 Å². The van der Waals surface area contributed by atoms with Crippen LogP contribution in [0.1, 0.15) is 87.8 Å². The Morgan fingerprint density at radius 3 is 1.36 bits per heavy atom. The summed E-state index contributed by atoms with van der Waals surface area (Å²) in [6.07, 6.45) is -24.3. The summed E-state index contributed by atoms with van der Waals surface area (Å²) < 4.78 is 186. The molecule has 3 aromatic carbocycles. The number of halogens is 12. The Balaban J connectivity index is 1.66. The van der Waals surface area contributed by atoms with E-state index in [1.807, 2.05) is 20.8 Å². The third-order valence-corrected chi connectivity index (χ3v) is 10.1. The molecule has 4 nitrogen and oxygen atoms in total. The van der Waals surface area contributed by atoms with E-state index in [9.17, 15) is 52.7 Å². The molecule has 0 saturated carbocycles. The zero-order valence-electron chi connectivity index (χ0n) is 29.1. The van der Waals surface area contributed by atoms with Crippen LogP contribution < -0.4 is 0 Å². The molecule has 0 saturated heterocycles. The summed E-state index contributed by atoms with van der Waals surface area (Å²) >= 11 is 0. The molecule has 16 heteroatoms. The van der Waals surface area contributed by atoms with Crippen molar-refractivity contribution in [1.82, 2.24) is 0 Å². The highest BCUT2D eigenvalue weighted by Gasteiger charge is 2.78. The monoisotopic (exact) mass is 766 g/mol. The van der Waals surface area contributed by atoms with Crippen molar-refractivity contribution in [2.45, 2.75) is 102 Å². The van der Waals surface area contributed by atoms with Crippen molar-refractivity contribution in [2.24, 2.45) is 15.4 Å². The predicted molar refractivity (Wildman–Crippen MR) is 173 cm³/mol. The van der Waals surface area contributed by atoms with Crippen LogP contribution in [0.3, 0.4) is 0 Å². The molecule has 5 rings (SSSR count). The van der Waals surface area contributed by atoms with E-state index in [1.165, 1.54) is 32.9 Å². The van der Waals surface area contributed by atoms with Gasteiger partial charge >= 0.3 is 35.9 Å². The third-order valence-electron chi connectivity index (χ3n) is 10.1. The van der Waals surface area contributed by atoms with E-state index in [1.54, 1.807) is 12.1 Å². The molecule has 0 bridgehead atoms. The van der Waals surface area contributed by atoms with Gasteiger partial charge in [0.15, 0.2) is 5.90 Å². The Kier molecular flexibility index (Phi) is 9.56. The van der Waals surface area contributed by atoms with Gasteiger partial charge in [0, 0.05) is 22.1 Å². The fourth-order valence-corrected chi connectivity index (χ4v) is 6.04. The highest BCUT2D eigenvalue weighted by molar-refractivity contribution is 5.98. The molecule has 0 N–H and O–H groups in total. The Hall–Kier alpha value is -4.24. The maximum Gasteiger partial charge on any atom is 0.442 e. The number of aliphatic imine (C=N–C) groups is 2. The molecule has 0 fully saturated rings. The van der Waals surface area contributed by atoms with Crippen molar-refractivity contribution < 1.29 is 62.2 Å². The average Bonchev–Trinajstić information content (AvgIpc) is 3.05. The maximum absolute atomic E-state index is 14.8. The molecule has 2 heterocycles. The molecule has 2 aliphatic rings. The van der Waals surface area contributed by atoms with Gasteiger partial charge in [-0.25, -0.2) is 9.98 Å². The minimum atomic E-state index is -6.12. The number of hydrogen-bond acceptors (Lipinski definition) is 4. The van der Waals surface area contributed by atoms with E-state index in [4.69, 9.17) is 9.47 Å². The standard InChI is InChI=1S/C37H34F12N2O2/c1-7-30(3,4)23-13-11-22(12-14-23)28-50-26-15-9-20(18-24(26)32(52-28,34(38,39)40)35(41,42)43)17-21-10-16-27-25(19-21)33(36(44,45)46,37(47,48)49)53-29(51-27)31(5,6)8-2/h9-16,18-19H,7-8,17H2,1-6H3. The van der Waals surface area contributed by atoms with Crippen LogP contribution in [-0.4, -0.2) is 36.5 Å². The lowest BCUT2D eigenvalue weighted by molar-refractivity contribution is -0.371. The number of benzene rings is 3. The van der Waals surface area contributed by atoms with Crippen LogP contribution in [0.5, 0.6) is 0 Å². The van der Waals surface area contributed by atoms with Gasteiger partial charge in [0.2, 0.25) is 5.90 Å². The highest BCUT2D eigenvalue weighted by Crippen LogP contribution is 2.59. The van der Waals surface area contributed by atoms with Crippen molar-refractivity contribution in [3.05, 3.63) is 94.0 Å². The molecule has 2 aliphatic heterocycles. The molecule has 0 atom stereocenters. The quantitative estimate of drug-likeness (QED) is 0.225. The average molecular weight is 767 g/mol. The van der Waals surface area contributed by atoms with Gasteiger partial charge in [-0.3, -0.25) is 0 Å². The van der Waals surface area contributed by atoms with E-state index < -0.39 is 82.0 Å². The first kappa shape index (κ1) is 40.0. The van der Waals surface area contributed by atoms with Gasteiger partial charge in [0.25, 0.3) is 0 Å². The van der Waals surface area contributed by atoms with Crippen molar-refractivity contribution in [3.8, 4) is 0 Å². The minimum absolute atomic E-state index is 0.0551. The van der Waals surface area contributed by atoms with Crippen LogP contribution in [0.15, 0.2) is 70.6 Å². The number of fused-ring (bicyclic) bond motifs is 2. The molecule has 0 amide bonds. The summed E-state index contributed by atoms with van der Waals surface area (Å²) in [7, 11) is 0. The molecule has 0 aliphatic carbocycles. The van der Waals surface area contributed by atoms with Gasteiger partial charge in [-0.05, 0) is 77.8 Å². The van der Waals surface area contributed by atoms with E-state index in [-0.39, 0.29) is 28.5 Å². The number of alkyl halides is 12. The number of rotatable bonds is 7. The van der Waals surface area contributed by atoms with E-state index in [0.29, 0.717) is 18.6 Å². The summed E-state index contributed by atoms with van der Waals surface area (Å²) in [6.45, 7) is 9.93. The van der Waals surface area contributed by atoms with E-state index >= 15 is 0 Å². The normalized spacial score (nSPS) is 17.5. The van der Waals surface area contributed by atoms with Crippen molar-refractivity contribution in [2.75, 3.05) is 0 Å². The first-order valence-corrected chi connectivity index (χ1v) is 16.4. The van der Waals surface area contributed by atoms with Crippen LogP contribution in [-0.2, 0) is 32.5 Å². The second-order valence-electron chi connectivity index (χ2n) is 14.3. The SMILES string of the molecule is CCC(C)(C)C1=Nc2ccc(Cc3ccc4c(c3)C(C(F)(F)F)(C(F)(F)F)OC(c3ccc(C(C)(C)CC)cc3)=N4)cc2C(C(F)(F)F)(C(F)(F)F)O1. The summed E-state index contributed by atoms with van der Waals surface area (Å²) in [6, 6.07) is 10.5. The maximum atomic E-state index is 14.8. The number of nitrogens with zero attached hydrogens (tertiary/aromatic N) is 2. The zero-order chi connectivity index (χ0) is 39.8. The van der Waals surface area contributed by atoms with E-state index in [0.717, 1.165) is 29.8 Å². The first-order chi connectivity index (χ1) is 24.1. The van der Waals surface area contributed by atoms with Crippen LogP contribution in [0.4, 0.5) is 64.1 Å². The molecule has 0 radical (unpaired) electrons. The zero-order valence-corrected chi connectivity index (χ0v) is 29.1. The second-order valence-corrected chi connectivity index (χ2v) is 14.3. The van der Waals surface area contributed by atoms with Crippen LogP contribution >= 0.6 is 0 Å². The largest absolute Gasteiger partial charge is 0.450 e. The predicted octanol–water partition coefficient (Wildman–Crippen LogP) is 12.2. The van der Waals surface area contributed by atoms with E-state index in [2.05, 4.69) is 9.98 Å². The lowest BCUT2D eigenvalue weighted by Gasteiger charge is -2.43. The lowest BCUT2D eigenvalue weighted by Crippen LogP contribution is -2.59. The Bertz CT molecular complexity index is 1910. The fraction of sp³-hybridized carbons (Fsp3) is 0.459. The molecule has 3 aromatic rings. The van der Waals surface area contributed by atoms with Gasteiger partial charge in [0.1, 0.15) is 0 Å². The smallest absolute Gasteiger partial charge is 0.442 e. The topological polar surface area (TPSA) is 43.2 Å². The third kappa shape index (κ3) is 6.53. The van der Waals surface area contributed by atoms with Crippen LogP contribution in [0.2, 0.25) is 0 Å². The molecule has 53 heavy (non-hydrogen) atoms. The summed E-state index contributed by atoms with van der Waals surface area (Å²) in [5.74, 6) is -1.78. The Morgan fingerprint density at radius 2 is 0.943 bits per heavy atom. The molecule has 288 valence electrons. The summed E-state index contributed by atoms with van der Waals surface area (Å²) in [4.78, 5) is 7.93. The first-order valence-electron chi connectivity index (χ1n) is 16.4. The molecule has 0 aromatic heterocycles. The highest BCUT2D eigenvalue weighted by atomic mass is 19.4. The molecule has 0 unspecified atom stereocenters. The fourth-order valence-electron chi connectivity index (χ4n) is 6.04. The molecular weight excluding hydrogens is 732 g/mol. The number of hydrogen-bond donors (Lipinski definition) is 0. The second kappa shape index (κ2) is 12.7. The van der Waals surface area contributed by atoms with Gasteiger partial charge in [-0.15, -0.1) is 0 Å². The lowest BCUT2D eigenvalue weighted by atomic mass is 9.82. The van der Waals surface area contributed by atoms with Gasteiger partial charge in [0.05, 0.1) is 11.4 Å². The van der Waals surface area contributed by atoms with Gasteiger partial charge in [-0.1, -0.05) is 65.8 Å². The van der Waals surface area contributed by atoms with Gasteiger partial charge in [-0.2, -0.15) is 52.7 Å². The Morgan fingerprint density at radius 1 is 0.528 bits per heavy atom. The van der Waals surface area contributed by atoms with Crippen molar-refractivity contribution in [1.29, 1.82) is 0 Å². The molecule has 0 spiro atoms. The molecular formula is C37H34F12N2O2. The summed E-state index contributed by atoms with van der Waals surface area (Å²) in [5.41, 5.74) is -16.0. The van der Waals surface area contributed by atoms with Crippen LogP contribution in [0.25, 0.3) is 0 Å². The van der Waals surface area contributed by atoms with Crippen molar-refractivity contribution in [3.63, 3.8) is 0 Å². The van der Waals surface area contributed by atoms with Crippen molar-refractivity contribution >= 4 is 23.2 Å². The number of ether oxygens (including phenoxy) is 2.